The molecule has 1 N–H and O–H groups in total. The Balaban J connectivity index is 2.20. The average molecular weight is 353 g/mol. The van der Waals surface area contributed by atoms with Crippen LogP contribution in [0.5, 0.6) is 5.75 Å². The SMILES string of the molecule is CCCCC(Oc1cccc(C)c1)C(=O)Nc1cc(C)c(C#N)n1CC. The predicted molar refractivity (Wildman–Crippen MR) is 103 cm³/mol. The average Bonchev–Trinajstić information content (AvgIpc) is 2.92. The first-order valence-corrected chi connectivity index (χ1v) is 9.14. The maximum atomic E-state index is 12.9. The third kappa shape index (κ3) is 4.66. The van der Waals surface area contributed by atoms with E-state index in [1.165, 1.54) is 0 Å². The molecule has 1 heterocycles. The van der Waals surface area contributed by atoms with Crippen LogP contribution < -0.4 is 10.1 Å². The molecule has 0 aliphatic heterocycles. The largest absolute Gasteiger partial charge is 0.481 e. The quantitative estimate of drug-likeness (QED) is 0.756. The predicted octanol–water partition coefficient (Wildman–Crippen LogP) is 4.57. The molecule has 1 amide bonds. The molecule has 1 unspecified atom stereocenters. The number of amides is 1. The van der Waals surface area contributed by atoms with Gasteiger partial charge >= 0.3 is 0 Å². The van der Waals surface area contributed by atoms with Crippen LogP contribution in [0.1, 0.15) is 49.9 Å². The van der Waals surface area contributed by atoms with Gasteiger partial charge in [0, 0.05) is 6.54 Å². The van der Waals surface area contributed by atoms with Gasteiger partial charge in [0.1, 0.15) is 23.3 Å². The van der Waals surface area contributed by atoms with Gasteiger partial charge in [-0.05, 0) is 62.9 Å². The molecule has 0 radical (unpaired) electrons. The molecule has 0 spiro atoms. The molecular formula is C21H27N3O2. The van der Waals surface area contributed by atoms with E-state index in [0.717, 1.165) is 24.0 Å². The van der Waals surface area contributed by atoms with E-state index < -0.39 is 6.10 Å². The lowest BCUT2D eigenvalue weighted by Gasteiger charge is -2.19. The lowest BCUT2D eigenvalue weighted by molar-refractivity contribution is -0.123. The van der Waals surface area contributed by atoms with Crippen molar-refractivity contribution < 1.29 is 9.53 Å². The van der Waals surface area contributed by atoms with Crippen LogP contribution >= 0.6 is 0 Å². The Hall–Kier alpha value is -2.74. The standard InChI is InChI=1S/C21H27N3O2/c1-5-7-11-19(26-17-10-8-9-15(3)12-17)21(25)23-20-13-16(4)18(14-22)24(20)6-2/h8-10,12-13,19H,5-7,11H2,1-4H3,(H,23,25). The summed E-state index contributed by atoms with van der Waals surface area (Å²) in [6.07, 6.45) is 1.97. The Morgan fingerprint density at radius 1 is 1.31 bits per heavy atom. The van der Waals surface area contributed by atoms with Gasteiger partial charge in [0.25, 0.3) is 5.91 Å². The van der Waals surface area contributed by atoms with E-state index >= 15 is 0 Å². The van der Waals surface area contributed by atoms with E-state index in [1.807, 2.05) is 55.7 Å². The highest BCUT2D eigenvalue weighted by atomic mass is 16.5. The lowest BCUT2D eigenvalue weighted by atomic mass is 10.1. The maximum Gasteiger partial charge on any atom is 0.266 e. The number of nitriles is 1. The van der Waals surface area contributed by atoms with Crippen molar-refractivity contribution >= 4 is 11.7 Å². The molecule has 0 fully saturated rings. The van der Waals surface area contributed by atoms with Gasteiger partial charge in [0.05, 0.1) is 0 Å². The van der Waals surface area contributed by atoms with Gasteiger partial charge in [0.15, 0.2) is 6.10 Å². The number of rotatable bonds is 8. The van der Waals surface area contributed by atoms with E-state index in [2.05, 4.69) is 18.3 Å². The molecule has 0 aliphatic carbocycles. The van der Waals surface area contributed by atoms with E-state index in [9.17, 15) is 10.1 Å². The number of carbonyl (C=O) groups excluding carboxylic acids is 1. The van der Waals surface area contributed by atoms with Crippen LogP contribution in [-0.2, 0) is 11.3 Å². The van der Waals surface area contributed by atoms with Crippen molar-refractivity contribution in [3.8, 4) is 11.8 Å². The molecule has 2 rings (SSSR count). The van der Waals surface area contributed by atoms with Gasteiger partial charge in [-0.3, -0.25) is 4.79 Å². The second-order valence-electron chi connectivity index (χ2n) is 6.47. The Morgan fingerprint density at radius 3 is 2.69 bits per heavy atom. The Labute approximate surface area is 155 Å². The fourth-order valence-corrected chi connectivity index (χ4v) is 2.96. The van der Waals surface area contributed by atoms with Crippen molar-refractivity contribution in [3.63, 3.8) is 0 Å². The number of anilines is 1. The number of aromatic nitrogens is 1. The summed E-state index contributed by atoms with van der Waals surface area (Å²) < 4.78 is 7.80. The molecule has 5 nitrogen and oxygen atoms in total. The van der Waals surface area contributed by atoms with E-state index in [-0.39, 0.29) is 5.91 Å². The van der Waals surface area contributed by atoms with E-state index in [4.69, 9.17) is 4.74 Å². The van der Waals surface area contributed by atoms with Crippen LogP contribution in [-0.4, -0.2) is 16.6 Å². The molecular weight excluding hydrogens is 326 g/mol. The number of nitrogens with one attached hydrogen (secondary N) is 1. The third-order valence-electron chi connectivity index (χ3n) is 4.34. The van der Waals surface area contributed by atoms with Crippen molar-refractivity contribution in [1.82, 2.24) is 4.57 Å². The number of aryl methyl sites for hydroxylation is 2. The van der Waals surface area contributed by atoms with Gasteiger partial charge in [-0.25, -0.2) is 0 Å². The molecule has 0 aliphatic rings. The zero-order valence-corrected chi connectivity index (χ0v) is 16.0. The minimum Gasteiger partial charge on any atom is -0.481 e. The smallest absolute Gasteiger partial charge is 0.266 e. The van der Waals surface area contributed by atoms with E-state index in [0.29, 0.717) is 30.2 Å². The highest BCUT2D eigenvalue weighted by Crippen LogP contribution is 2.22. The zero-order chi connectivity index (χ0) is 19.1. The molecule has 0 bridgehead atoms. The lowest BCUT2D eigenvalue weighted by Crippen LogP contribution is -2.33. The number of hydrogen-bond donors (Lipinski definition) is 1. The molecule has 1 aromatic heterocycles. The van der Waals surface area contributed by atoms with Crippen molar-refractivity contribution in [2.75, 3.05) is 5.32 Å². The maximum absolute atomic E-state index is 12.9. The summed E-state index contributed by atoms with van der Waals surface area (Å²) in [5.41, 5.74) is 2.52. The Bertz CT molecular complexity index is 802. The minimum absolute atomic E-state index is 0.184. The van der Waals surface area contributed by atoms with Crippen molar-refractivity contribution in [1.29, 1.82) is 5.26 Å². The highest BCUT2D eigenvalue weighted by Gasteiger charge is 2.22. The zero-order valence-electron chi connectivity index (χ0n) is 16.0. The Kier molecular flexibility index (Phi) is 6.85. The summed E-state index contributed by atoms with van der Waals surface area (Å²) in [6, 6.07) is 11.7. The molecule has 26 heavy (non-hydrogen) atoms. The number of ether oxygens (including phenoxy) is 1. The molecule has 5 heteroatoms. The van der Waals surface area contributed by atoms with E-state index in [1.54, 1.807) is 0 Å². The topological polar surface area (TPSA) is 67.0 Å². The summed E-state index contributed by atoms with van der Waals surface area (Å²) >= 11 is 0. The first-order chi connectivity index (χ1) is 12.5. The van der Waals surface area contributed by atoms with Gasteiger partial charge in [0.2, 0.25) is 0 Å². The third-order valence-corrected chi connectivity index (χ3v) is 4.34. The molecule has 0 saturated carbocycles. The van der Waals surface area contributed by atoms with Crippen LogP contribution in [0.2, 0.25) is 0 Å². The second kappa shape index (κ2) is 9.10. The van der Waals surface area contributed by atoms with Crippen LogP contribution in [0.25, 0.3) is 0 Å². The van der Waals surface area contributed by atoms with Crippen molar-refractivity contribution in [2.45, 2.75) is 59.6 Å². The first-order valence-electron chi connectivity index (χ1n) is 9.14. The molecule has 138 valence electrons. The number of carbonyl (C=O) groups is 1. The van der Waals surface area contributed by atoms with Crippen LogP contribution in [0.3, 0.4) is 0 Å². The first kappa shape index (κ1) is 19.6. The number of unbranched alkanes of at least 4 members (excludes halogenated alkanes) is 1. The summed E-state index contributed by atoms with van der Waals surface area (Å²) in [4.78, 5) is 12.9. The summed E-state index contributed by atoms with van der Waals surface area (Å²) in [5.74, 6) is 1.15. The normalized spacial score (nSPS) is 11.7. The van der Waals surface area contributed by atoms with Crippen molar-refractivity contribution in [2.24, 2.45) is 0 Å². The summed E-state index contributed by atoms with van der Waals surface area (Å²) in [6.45, 7) is 8.53. The Morgan fingerprint density at radius 2 is 2.08 bits per heavy atom. The molecule has 1 aromatic carbocycles. The monoisotopic (exact) mass is 353 g/mol. The summed E-state index contributed by atoms with van der Waals surface area (Å²) in [5, 5.41) is 12.3. The van der Waals surface area contributed by atoms with Gasteiger partial charge < -0.3 is 14.6 Å². The van der Waals surface area contributed by atoms with Crippen LogP contribution in [0, 0.1) is 25.2 Å². The number of hydrogen-bond acceptors (Lipinski definition) is 3. The molecule has 0 saturated heterocycles. The van der Waals surface area contributed by atoms with Gasteiger partial charge in [-0.1, -0.05) is 25.5 Å². The van der Waals surface area contributed by atoms with Crippen LogP contribution in [0.4, 0.5) is 5.82 Å². The summed E-state index contributed by atoms with van der Waals surface area (Å²) in [7, 11) is 0. The van der Waals surface area contributed by atoms with Crippen molar-refractivity contribution in [3.05, 3.63) is 47.2 Å². The molecule has 2 aromatic rings. The second-order valence-corrected chi connectivity index (χ2v) is 6.47. The fraction of sp³-hybridized carbons (Fsp3) is 0.429. The van der Waals surface area contributed by atoms with Gasteiger partial charge in [-0.15, -0.1) is 0 Å². The number of benzene rings is 1. The highest BCUT2D eigenvalue weighted by molar-refractivity contribution is 5.94. The van der Waals surface area contributed by atoms with Gasteiger partial charge in [-0.2, -0.15) is 5.26 Å². The van der Waals surface area contributed by atoms with Crippen LogP contribution in [0.15, 0.2) is 30.3 Å². The fourth-order valence-electron chi connectivity index (χ4n) is 2.96. The number of nitrogens with zero attached hydrogens (tertiary/aromatic N) is 2. The molecule has 1 atom stereocenters. The minimum atomic E-state index is -0.567.